The molecule has 258 valence electrons. The van der Waals surface area contributed by atoms with Crippen molar-refractivity contribution < 1.29 is 22.7 Å². The summed E-state index contributed by atoms with van der Waals surface area (Å²) >= 11 is 13.1. The van der Waals surface area contributed by atoms with Crippen molar-refractivity contribution in [2.75, 3.05) is 10.8 Å². The molecular formula is C38H41Cl2N3O5S. The molecule has 4 aromatic carbocycles. The number of hydrogen-bond acceptors (Lipinski definition) is 5. The van der Waals surface area contributed by atoms with Crippen LogP contribution in [-0.4, -0.2) is 43.8 Å². The number of sulfonamides is 1. The average Bonchev–Trinajstić information content (AvgIpc) is 3.09. The summed E-state index contributed by atoms with van der Waals surface area (Å²) in [6.45, 7) is 3.02. The number of carbonyl (C=O) groups excluding carboxylic acids is 2. The summed E-state index contributed by atoms with van der Waals surface area (Å²) in [6, 6.07) is 26.3. The lowest BCUT2D eigenvalue weighted by molar-refractivity contribution is -0.140. The zero-order valence-corrected chi connectivity index (χ0v) is 30.0. The fourth-order valence-corrected chi connectivity index (χ4v) is 7.92. The molecule has 1 aliphatic carbocycles. The third-order valence-corrected chi connectivity index (χ3v) is 11.2. The van der Waals surface area contributed by atoms with Crippen LogP contribution in [0.2, 0.25) is 10.0 Å². The number of nitrogens with zero attached hydrogens (tertiary/aromatic N) is 2. The molecule has 0 spiro atoms. The number of amides is 2. The minimum atomic E-state index is -4.24. The summed E-state index contributed by atoms with van der Waals surface area (Å²) < 4.78 is 35.6. The van der Waals surface area contributed by atoms with Gasteiger partial charge >= 0.3 is 0 Å². The molecule has 0 heterocycles. The zero-order valence-electron chi connectivity index (χ0n) is 27.6. The van der Waals surface area contributed by atoms with Gasteiger partial charge in [-0.05, 0) is 86.8 Å². The minimum Gasteiger partial charge on any atom is -0.457 e. The molecule has 49 heavy (non-hydrogen) atoms. The maximum absolute atomic E-state index is 14.5. The van der Waals surface area contributed by atoms with E-state index in [1.54, 1.807) is 54.6 Å². The molecule has 1 fully saturated rings. The highest BCUT2D eigenvalue weighted by Crippen LogP contribution is 2.31. The van der Waals surface area contributed by atoms with Gasteiger partial charge < -0.3 is 15.0 Å². The van der Waals surface area contributed by atoms with Gasteiger partial charge in [-0.2, -0.15) is 0 Å². The molecule has 0 aliphatic heterocycles. The molecule has 2 amide bonds. The van der Waals surface area contributed by atoms with Crippen LogP contribution in [0.5, 0.6) is 11.5 Å². The first-order valence-corrected chi connectivity index (χ1v) is 18.7. The Bertz CT molecular complexity index is 1810. The van der Waals surface area contributed by atoms with Gasteiger partial charge in [0.25, 0.3) is 10.0 Å². The Labute approximate surface area is 299 Å². The van der Waals surface area contributed by atoms with Crippen LogP contribution in [0.3, 0.4) is 0 Å². The summed E-state index contributed by atoms with van der Waals surface area (Å²) in [5.74, 6) is 0.248. The van der Waals surface area contributed by atoms with Crippen molar-refractivity contribution in [3.05, 3.63) is 118 Å². The normalized spacial score (nSPS) is 14.1. The number of halogens is 2. The van der Waals surface area contributed by atoms with E-state index >= 15 is 0 Å². The van der Waals surface area contributed by atoms with E-state index in [1.165, 1.54) is 17.0 Å². The molecule has 1 atom stereocenters. The van der Waals surface area contributed by atoms with Crippen LogP contribution < -0.4 is 14.4 Å². The number of benzene rings is 4. The third-order valence-electron chi connectivity index (χ3n) is 8.72. The number of rotatable bonds is 13. The van der Waals surface area contributed by atoms with Gasteiger partial charge in [0, 0.05) is 28.2 Å². The molecular weight excluding hydrogens is 681 g/mol. The Morgan fingerprint density at radius 2 is 1.45 bits per heavy atom. The van der Waals surface area contributed by atoms with Crippen LogP contribution in [0.4, 0.5) is 5.69 Å². The number of nitrogens with one attached hydrogen (secondary N) is 1. The molecule has 0 bridgehead atoms. The van der Waals surface area contributed by atoms with Crippen molar-refractivity contribution >= 4 is 50.7 Å². The van der Waals surface area contributed by atoms with Gasteiger partial charge in [0.15, 0.2) is 0 Å². The Kier molecular flexibility index (Phi) is 12.3. The summed E-state index contributed by atoms with van der Waals surface area (Å²) in [5, 5.41) is 3.83. The van der Waals surface area contributed by atoms with Crippen molar-refractivity contribution in [2.45, 2.75) is 75.9 Å². The monoisotopic (exact) mass is 721 g/mol. The highest BCUT2D eigenvalue weighted by atomic mass is 35.5. The molecule has 11 heteroatoms. The van der Waals surface area contributed by atoms with Gasteiger partial charge in [-0.1, -0.05) is 91.3 Å². The summed E-state index contributed by atoms with van der Waals surface area (Å²) in [5.41, 5.74) is 1.62. The Balaban J connectivity index is 1.51. The first-order valence-electron chi connectivity index (χ1n) is 16.5. The van der Waals surface area contributed by atoms with Crippen molar-refractivity contribution in [3.8, 4) is 11.5 Å². The van der Waals surface area contributed by atoms with Gasteiger partial charge in [0.2, 0.25) is 11.8 Å². The number of carbonyl (C=O) groups is 2. The average molecular weight is 723 g/mol. The predicted molar refractivity (Wildman–Crippen MR) is 195 cm³/mol. The molecule has 0 radical (unpaired) electrons. The van der Waals surface area contributed by atoms with Gasteiger partial charge in [0.1, 0.15) is 24.1 Å². The van der Waals surface area contributed by atoms with Gasteiger partial charge in [-0.15, -0.1) is 0 Å². The van der Waals surface area contributed by atoms with Crippen LogP contribution in [0.25, 0.3) is 0 Å². The Morgan fingerprint density at radius 1 is 0.837 bits per heavy atom. The number of ether oxygens (including phenoxy) is 1. The molecule has 8 nitrogen and oxygen atoms in total. The van der Waals surface area contributed by atoms with E-state index in [-0.39, 0.29) is 29.1 Å². The standard InChI is InChI=1S/C38H41Cl2N3O5S/c1-3-36(38(45)41-28-11-6-4-7-12-28)42(25-33-34(39)15-10-16-35(33)40)37(44)26-43(49(46,47)32-23-17-27(2)18-24-32)29-19-21-31(22-20-29)48-30-13-8-5-9-14-30/h5,8-10,13-24,28,36H,3-4,6-7,11-12,25-26H2,1-2H3,(H,41,45). The number of anilines is 1. The molecule has 0 saturated heterocycles. The van der Waals surface area contributed by atoms with Crippen molar-refractivity contribution in [1.82, 2.24) is 10.2 Å². The largest absolute Gasteiger partial charge is 0.457 e. The predicted octanol–water partition coefficient (Wildman–Crippen LogP) is 8.55. The fraction of sp³-hybridized carbons (Fsp3) is 0.316. The third kappa shape index (κ3) is 9.15. The molecule has 1 saturated carbocycles. The summed E-state index contributed by atoms with van der Waals surface area (Å²) in [6.07, 6.45) is 5.23. The van der Waals surface area contributed by atoms with Crippen LogP contribution in [0.1, 0.15) is 56.6 Å². The summed E-state index contributed by atoms with van der Waals surface area (Å²) in [7, 11) is -4.24. The van der Waals surface area contributed by atoms with E-state index in [2.05, 4.69) is 5.32 Å². The van der Waals surface area contributed by atoms with E-state index in [9.17, 15) is 18.0 Å². The van der Waals surface area contributed by atoms with Gasteiger partial charge in [0.05, 0.1) is 10.6 Å². The lowest BCUT2D eigenvalue weighted by Crippen LogP contribution is -2.54. The molecule has 5 rings (SSSR count). The molecule has 0 aromatic heterocycles. The van der Waals surface area contributed by atoms with E-state index in [1.807, 2.05) is 44.2 Å². The maximum Gasteiger partial charge on any atom is 0.264 e. The smallest absolute Gasteiger partial charge is 0.264 e. The van der Waals surface area contributed by atoms with Crippen molar-refractivity contribution in [3.63, 3.8) is 0 Å². The lowest BCUT2D eigenvalue weighted by atomic mass is 9.95. The SMILES string of the molecule is CCC(C(=O)NC1CCCCC1)N(Cc1c(Cl)cccc1Cl)C(=O)CN(c1ccc(Oc2ccccc2)cc1)S(=O)(=O)c1ccc(C)cc1. The molecule has 4 aromatic rings. The fourth-order valence-electron chi connectivity index (χ4n) is 5.99. The van der Waals surface area contributed by atoms with Gasteiger partial charge in [-0.3, -0.25) is 13.9 Å². The topological polar surface area (TPSA) is 96.0 Å². The zero-order chi connectivity index (χ0) is 35.0. The van der Waals surface area contributed by atoms with Crippen molar-refractivity contribution in [1.29, 1.82) is 0 Å². The van der Waals surface area contributed by atoms with Crippen LogP contribution in [0.15, 0.2) is 102 Å². The van der Waals surface area contributed by atoms with Gasteiger partial charge in [-0.25, -0.2) is 8.42 Å². The summed E-state index contributed by atoms with van der Waals surface area (Å²) in [4.78, 5) is 29.8. The van der Waals surface area contributed by atoms with E-state index in [0.29, 0.717) is 33.5 Å². The van der Waals surface area contributed by atoms with E-state index in [0.717, 1.165) is 42.0 Å². The van der Waals surface area contributed by atoms with E-state index < -0.39 is 28.5 Å². The highest BCUT2D eigenvalue weighted by Gasteiger charge is 2.35. The van der Waals surface area contributed by atoms with Crippen molar-refractivity contribution in [2.24, 2.45) is 0 Å². The Hall–Kier alpha value is -4.05. The molecule has 1 aliphatic rings. The lowest BCUT2D eigenvalue weighted by Gasteiger charge is -2.34. The second kappa shape index (κ2) is 16.6. The van der Waals surface area contributed by atoms with Crippen LogP contribution >= 0.6 is 23.2 Å². The minimum absolute atomic E-state index is 0.0196. The second-order valence-corrected chi connectivity index (χ2v) is 14.9. The Morgan fingerprint density at radius 3 is 2.06 bits per heavy atom. The van der Waals surface area contributed by atoms with E-state index in [4.69, 9.17) is 27.9 Å². The second-order valence-electron chi connectivity index (χ2n) is 12.2. The first-order chi connectivity index (χ1) is 23.6. The quantitative estimate of drug-likeness (QED) is 0.149. The number of hydrogen-bond donors (Lipinski definition) is 1. The molecule has 1 N–H and O–H groups in total. The molecule has 1 unspecified atom stereocenters. The maximum atomic E-state index is 14.5. The highest BCUT2D eigenvalue weighted by molar-refractivity contribution is 7.92. The first kappa shape index (κ1) is 36.2. The number of para-hydroxylation sites is 1. The number of aryl methyl sites for hydroxylation is 1. The van der Waals surface area contributed by atoms with Crippen LogP contribution in [-0.2, 0) is 26.2 Å². The van der Waals surface area contributed by atoms with Crippen LogP contribution in [0, 0.1) is 6.92 Å².